The molecule has 0 aliphatic heterocycles. The van der Waals surface area contributed by atoms with Gasteiger partial charge in [0, 0.05) is 18.7 Å². The van der Waals surface area contributed by atoms with E-state index in [2.05, 4.69) is 42.1 Å². The number of benzene rings is 2. The molecule has 2 rings (SSSR count). The van der Waals surface area contributed by atoms with Crippen LogP contribution in [0.2, 0.25) is 0 Å². The summed E-state index contributed by atoms with van der Waals surface area (Å²) in [5.41, 5.74) is 4.36. The minimum Gasteiger partial charge on any atom is -0.434 e. The molecule has 0 saturated carbocycles. The van der Waals surface area contributed by atoms with Crippen molar-refractivity contribution in [1.29, 1.82) is 0 Å². The van der Waals surface area contributed by atoms with Crippen molar-refractivity contribution in [2.75, 3.05) is 0 Å². The highest BCUT2D eigenvalue weighted by atomic mass is 19.3. The fourth-order valence-corrected chi connectivity index (χ4v) is 2.18. The Hall–Kier alpha value is -1.94. The average Bonchev–Trinajstić information content (AvgIpc) is 2.44. The summed E-state index contributed by atoms with van der Waals surface area (Å²) >= 11 is 0. The first-order valence-electron chi connectivity index (χ1n) is 6.86. The monoisotopic (exact) mass is 291 g/mol. The molecule has 0 aliphatic rings. The van der Waals surface area contributed by atoms with E-state index in [0.29, 0.717) is 13.1 Å². The van der Waals surface area contributed by atoms with Crippen LogP contribution in [-0.2, 0) is 13.1 Å². The second kappa shape index (κ2) is 7.18. The third-order valence-electron chi connectivity index (χ3n) is 3.32. The summed E-state index contributed by atoms with van der Waals surface area (Å²) in [6, 6.07) is 13.1. The van der Waals surface area contributed by atoms with Gasteiger partial charge in [-0.05, 0) is 31.0 Å². The van der Waals surface area contributed by atoms with Gasteiger partial charge in [-0.2, -0.15) is 8.78 Å². The normalized spacial score (nSPS) is 10.9. The molecule has 4 heteroatoms. The van der Waals surface area contributed by atoms with Gasteiger partial charge in [0.15, 0.2) is 0 Å². The van der Waals surface area contributed by atoms with Crippen LogP contribution in [0.3, 0.4) is 0 Å². The van der Waals surface area contributed by atoms with Crippen LogP contribution in [0.1, 0.15) is 22.3 Å². The molecule has 21 heavy (non-hydrogen) atoms. The second-order valence-electron chi connectivity index (χ2n) is 5.02. The highest BCUT2D eigenvalue weighted by molar-refractivity contribution is 5.34. The number of hydrogen-bond donors (Lipinski definition) is 1. The van der Waals surface area contributed by atoms with Gasteiger partial charge in [-0.25, -0.2) is 0 Å². The standard InChI is InChI=1S/C17H19F2NO/c1-12-7-8-13(2)15(9-12)11-20-10-14-5-3-4-6-16(14)21-17(18)19/h3-9,17,20H,10-11H2,1-2H3. The molecule has 0 bridgehead atoms. The molecular formula is C17H19F2NO. The van der Waals surface area contributed by atoms with E-state index in [-0.39, 0.29) is 5.75 Å². The molecule has 0 atom stereocenters. The lowest BCUT2D eigenvalue weighted by molar-refractivity contribution is -0.0505. The zero-order chi connectivity index (χ0) is 15.2. The Labute approximate surface area is 123 Å². The predicted molar refractivity (Wildman–Crippen MR) is 79.5 cm³/mol. The first-order chi connectivity index (χ1) is 10.1. The first-order valence-corrected chi connectivity index (χ1v) is 6.86. The number of nitrogens with one attached hydrogen (secondary N) is 1. The van der Waals surface area contributed by atoms with E-state index in [1.165, 1.54) is 16.7 Å². The van der Waals surface area contributed by atoms with Gasteiger partial charge in [-0.1, -0.05) is 42.0 Å². The van der Waals surface area contributed by atoms with Gasteiger partial charge in [0.2, 0.25) is 0 Å². The molecule has 112 valence electrons. The largest absolute Gasteiger partial charge is 0.434 e. The molecule has 0 aromatic heterocycles. The van der Waals surface area contributed by atoms with Crippen molar-refractivity contribution < 1.29 is 13.5 Å². The van der Waals surface area contributed by atoms with Gasteiger partial charge in [-0.3, -0.25) is 0 Å². The average molecular weight is 291 g/mol. The molecule has 0 aliphatic carbocycles. The zero-order valence-electron chi connectivity index (χ0n) is 12.2. The number of aryl methyl sites for hydroxylation is 2. The van der Waals surface area contributed by atoms with Crippen LogP contribution in [0.25, 0.3) is 0 Å². The first kappa shape index (κ1) is 15.4. The molecule has 1 N–H and O–H groups in total. The molecule has 0 amide bonds. The third kappa shape index (κ3) is 4.53. The molecule has 0 heterocycles. The van der Waals surface area contributed by atoms with E-state index in [1.807, 2.05) is 6.07 Å². The van der Waals surface area contributed by atoms with Gasteiger partial charge < -0.3 is 10.1 Å². The maximum atomic E-state index is 12.3. The number of ether oxygens (including phenoxy) is 1. The van der Waals surface area contributed by atoms with Crippen molar-refractivity contribution in [3.05, 3.63) is 64.7 Å². The summed E-state index contributed by atoms with van der Waals surface area (Å²) in [5, 5.41) is 3.27. The molecule has 0 unspecified atom stereocenters. The van der Waals surface area contributed by atoms with Crippen LogP contribution >= 0.6 is 0 Å². The minimum absolute atomic E-state index is 0.223. The third-order valence-corrected chi connectivity index (χ3v) is 3.32. The van der Waals surface area contributed by atoms with Crippen molar-refractivity contribution in [1.82, 2.24) is 5.32 Å². The Morgan fingerprint density at radius 1 is 1.00 bits per heavy atom. The molecular weight excluding hydrogens is 272 g/mol. The van der Waals surface area contributed by atoms with Crippen LogP contribution in [-0.4, -0.2) is 6.61 Å². The van der Waals surface area contributed by atoms with Crippen LogP contribution in [0.5, 0.6) is 5.75 Å². The van der Waals surface area contributed by atoms with Crippen molar-refractivity contribution in [2.24, 2.45) is 0 Å². The fraction of sp³-hybridized carbons (Fsp3) is 0.294. The Bertz CT molecular complexity index is 599. The molecule has 0 radical (unpaired) electrons. The smallest absolute Gasteiger partial charge is 0.387 e. The highest BCUT2D eigenvalue weighted by Crippen LogP contribution is 2.20. The quantitative estimate of drug-likeness (QED) is 0.861. The summed E-state index contributed by atoms with van der Waals surface area (Å²) in [4.78, 5) is 0. The fourth-order valence-electron chi connectivity index (χ4n) is 2.18. The molecule has 0 spiro atoms. The Morgan fingerprint density at radius 3 is 2.48 bits per heavy atom. The number of hydrogen-bond acceptors (Lipinski definition) is 2. The van der Waals surface area contributed by atoms with E-state index in [4.69, 9.17) is 0 Å². The van der Waals surface area contributed by atoms with Gasteiger partial charge in [0.1, 0.15) is 5.75 Å². The van der Waals surface area contributed by atoms with E-state index >= 15 is 0 Å². The summed E-state index contributed by atoms with van der Waals surface area (Å²) in [5.74, 6) is 0.223. The SMILES string of the molecule is Cc1ccc(C)c(CNCc2ccccc2OC(F)F)c1. The van der Waals surface area contributed by atoms with E-state index in [0.717, 1.165) is 5.56 Å². The van der Waals surface area contributed by atoms with Crippen LogP contribution < -0.4 is 10.1 Å². The topological polar surface area (TPSA) is 21.3 Å². The molecule has 2 aromatic carbocycles. The highest BCUT2D eigenvalue weighted by Gasteiger charge is 2.08. The number of rotatable bonds is 6. The van der Waals surface area contributed by atoms with Crippen molar-refractivity contribution in [2.45, 2.75) is 33.5 Å². The lowest BCUT2D eigenvalue weighted by Crippen LogP contribution is -2.15. The maximum absolute atomic E-state index is 12.3. The number of halogens is 2. The van der Waals surface area contributed by atoms with Crippen LogP contribution in [0, 0.1) is 13.8 Å². The van der Waals surface area contributed by atoms with Gasteiger partial charge in [0.05, 0.1) is 0 Å². The molecule has 0 saturated heterocycles. The van der Waals surface area contributed by atoms with Crippen LogP contribution in [0.15, 0.2) is 42.5 Å². The van der Waals surface area contributed by atoms with Crippen molar-refractivity contribution in [3.63, 3.8) is 0 Å². The second-order valence-corrected chi connectivity index (χ2v) is 5.02. The Balaban J connectivity index is 1.99. The predicted octanol–water partition coefficient (Wildman–Crippen LogP) is 4.19. The molecule has 2 aromatic rings. The summed E-state index contributed by atoms with van der Waals surface area (Å²) in [6.45, 7) is 2.48. The molecule has 2 nitrogen and oxygen atoms in total. The zero-order valence-corrected chi connectivity index (χ0v) is 12.2. The minimum atomic E-state index is -2.80. The summed E-state index contributed by atoms with van der Waals surface area (Å²) in [7, 11) is 0. The van der Waals surface area contributed by atoms with Gasteiger partial charge in [0.25, 0.3) is 0 Å². The van der Waals surface area contributed by atoms with E-state index in [1.54, 1.807) is 18.2 Å². The van der Waals surface area contributed by atoms with Gasteiger partial charge >= 0.3 is 6.61 Å². The number of alkyl halides is 2. The maximum Gasteiger partial charge on any atom is 0.387 e. The Morgan fingerprint density at radius 2 is 1.71 bits per heavy atom. The lowest BCUT2D eigenvalue weighted by atomic mass is 10.1. The number of para-hydroxylation sites is 1. The lowest BCUT2D eigenvalue weighted by Gasteiger charge is -2.12. The van der Waals surface area contributed by atoms with E-state index in [9.17, 15) is 8.78 Å². The van der Waals surface area contributed by atoms with Gasteiger partial charge in [-0.15, -0.1) is 0 Å². The van der Waals surface area contributed by atoms with Crippen molar-refractivity contribution in [3.8, 4) is 5.75 Å². The summed E-state index contributed by atoms with van der Waals surface area (Å²) in [6.07, 6.45) is 0. The van der Waals surface area contributed by atoms with E-state index < -0.39 is 6.61 Å². The van der Waals surface area contributed by atoms with Crippen molar-refractivity contribution >= 4 is 0 Å². The Kier molecular flexibility index (Phi) is 5.28. The molecule has 0 fully saturated rings. The summed E-state index contributed by atoms with van der Waals surface area (Å²) < 4.78 is 29.2. The van der Waals surface area contributed by atoms with Crippen LogP contribution in [0.4, 0.5) is 8.78 Å².